The number of carbonyl (C=O) groups is 1. The summed E-state index contributed by atoms with van der Waals surface area (Å²) in [5.74, 6) is 0.698. The van der Waals surface area contributed by atoms with Gasteiger partial charge in [0.05, 0.1) is 17.9 Å². The van der Waals surface area contributed by atoms with Crippen molar-refractivity contribution in [3.05, 3.63) is 66.0 Å². The first-order chi connectivity index (χ1) is 14.0. The van der Waals surface area contributed by atoms with Gasteiger partial charge in [-0.05, 0) is 42.5 Å². The minimum absolute atomic E-state index is 0.127. The molecule has 0 aliphatic carbocycles. The van der Waals surface area contributed by atoms with Gasteiger partial charge >= 0.3 is 0 Å². The van der Waals surface area contributed by atoms with E-state index < -0.39 is 0 Å². The largest absolute Gasteiger partial charge is 0.495 e. The smallest absolute Gasteiger partial charge is 0.234 e. The molecule has 150 valence electrons. The van der Waals surface area contributed by atoms with Crippen molar-refractivity contribution in [1.82, 2.24) is 14.8 Å². The van der Waals surface area contributed by atoms with Gasteiger partial charge < -0.3 is 10.1 Å². The molecule has 0 saturated carbocycles. The highest BCUT2D eigenvalue weighted by atomic mass is 35.5. The van der Waals surface area contributed by atoms with Crippen LogP contribution in [0.2, 0.25) is 5.02 Å². The molecule has 0 aliphatic heterocycles. The van der Waals surface area contributed by atoms with Crippen LogP contribution in [0.3, 0.4) is 0 Å². The summed E-state index contributed by atoms with van der Waals surface area (Å²) in [7, 11) is 1.52. The summed E-state index contributed by atoms with van der Waals surface area (Å²) in [4.78, 5) is 12.3. The van der Waals surface area contributed by atoms with Crippen molar-refractivity contribution in [2.75, 3.05) is 18.2 Å². The quantitative estimate of drug-likeness (QED) is 0.414. The van der Waals surface area contributed by atoms with Crippen LogP contribution in [0, 0.1) is 5.82 Å². The first-order valence-electron chi connectivity index (χ1n) is 8.58. The summed E-state index contributed by atoms with van der Waals surface area (Å²) < 4.78 is 20.1. The first-order valence-corrected chi connectivity index (χ1v) is 9.94. The molecule has 0 radical (unpaired) electrons. The fraction of sp³-hybridized carbons (Fsp3) is 0.150. The topological polar surface area (TPSA) is 69.0 Å². The number of methoxy groups -OCH3 is 1. The highest BCUT2D eigenvalue weighted by Crippen LogP contribution is 2.28. The number of nitrogens with zero attached hydrogens (tertiary/aromatic N) is 3. The molecule has 0 spiro atoms. The molecule has 29 heavy (non-hydrogen) atoms. The van der Waals surface area contributed by atoms with Gasteiger partial charge in [-0.2, -0.15) is 0 Å². The summed E-state index contributed by atoms with van der Waals surface area (Å²) in [6.07, 6.45) is 1.71. The fourth-order valence-electron chi connectivity index (χ4n) is 2.57. The second kappa shape index (κ2) is 9.58. The standard InChI is InChI=1S/C20H18ClFN4O2S/c1-3-10-26-19(13-4-6-14(22)7-5-13)24-25-20(26)29-12-18(27)23-15-8-9-17(28-2)16(21)11-15/h3-9,11H,1,10,12H2,2H3,(H,23,27). The summed E-state index contributed by atoms with van der Waals surface area (Å²) >= 11 is 7.32. The van der Waals surface area contributed by atoms with Gasteiger partial charge in [-0.25, -0.2) is 4.39 Å². The van der Waals surface area contributed by atoms with E-state index in [2.05, 4.69) is 22.1 Å². The van der Waals surface area contributed by atoms with E-state index in [0.29, 0.717) is 34.0 Å². The predicted octanol–water partition coefficient (Wildman–Crippen LogP) is 4.66. The number of rotatable bonds is 8. The molecule has 0 bridgehead atoms. The van der Waals surface area contributed by atoms with Crippen LogP contribution in [0.4, 0.5) is 10.1 Å². The Morgan fingerprint density at radius 1 is 1.31 bits per heavy atom. The average Bonchev–Trinajstić information content (AvgIpc) is 3.10. The van der Waals surface area contributed by atoms with Crippen molar-refractivity contribution >= 4 is 35.0 Å². The zero-order valence-corrected chi connectivity index (χ0v) is 17.1. The molecular weight excluding hydrogens is 415 g/mol. The van der Waals surface area contributed by atoms with Crippen LogP contribution in [0.25, 0.3) is 11.4 Å². The zero-order valence-electron chi connectivity index (χ0n) is 15.6. The molecule has 1 N–H and O–H groups in total. The van der Waals surface area contributed by atoms with E-state index in [0.717, 1.165) is 5.56 Å². The van der Waals surface area contributed by atoms with Crippen molar-refractivity contribution in [2.45, 2.75) is 11.7 Å². The monoisotopic (exact) mass is 432 g/mol. The van der Waals surface area contributed by atoms with E-state index in [1.54, 1.807) is 36.4 Å². The molecular formula is C20H18ClFN4O2S. The zero-order chi connectivity index (χ0) is 20.8. The maximum absolute atomic E-state index is 13.2. The van der Waals surface area contributed by atoms with Crippen LogP contribution >= 0.6 is 23.4 Å². The van der Waals surface area contributed by atoms with Crippen molar-refractivity contribution in [1.29, 1.82) is 0 Å². The van der Waals surface area contributed by atoms with Crippen LogP contribution in [-0.4, -0.2) is 33.5 Å². The van der Waals surface area contributed by atoms with Gasteiger partial charge in [-0.15, -0.1) is 16.8 Å². The van der Waals surface area contributed by atoms with Gasteiger partial charge in [-0.3, -0.25) is 9.36 Å². The van der Waals surface area contributed by atoms with Gasteiger partial charge in [0.25, 0.3) is 0 Å². The molecule has 1 heterocycles. The van der Waals surface area contributed by atoms with E-state index in [9.17, 15) is 9.18 Å². The van der Waals surface area contributed by atoms with Crippen molar-refractivity contribution in [3.63, 3.8) is 0 Å². The molecule has 9 heteroatoms. The van der Waals surface area contributed by atoms with Gasteiger partial charge in [0.15, 0.2) is 11.0 Å². The minimum Gasteiger partial charge on any atom is -0.495 e. The fourth-order valence-corrected chi connectivity index (χ4v) is 3.58. The minimum atomic E-state index is -0.326. The lowest BCUT2D eigenvalue weighted by molar-refractivity contribution is -0.113. The number of ether oxygens (including phenoxy) is 1. The summed E-state index contributed by atoms with van der Waals surface area (Å²) in [6, 6.07) is 11.0. The van der Waals surface area contributed by atoms with Crippen molar-refractivity contribution in [3.8, 4) is 17.1 Å². The number of benzene rings is 2. The maximum atomic E-state index is 13.2. The average molecular weight is 433 g/mol. The summed E-state index contributed by atoms with van der Waals surface area (Å²) in [6.45, 7) is 4.21. The molecule has 0 saturated heterocycles. The Bertz CT molecular complexity index is 1020. The van der Waals surface area contributed by atoms with Crippen LogP contribution in [0.1, 0.15) is 0 Å². The predicted molar refractivity (Wildman–Crippen MR) is 113 cm³/mol. The molecule has 0 atom stereocenters. The number of halogens is 2. The van der Waals surface area contributed by atoms with Crippen LogP contribution in [0.15, 0.2) is 60.3 Å². The van der Waals surface area contributed by atoms with E-state index in [1.165, 1.54) is 31.0 Å². The second-order valence-corrected chi connectivity index (χ2v) is 7.25. The molecule has 3 rings (SSSR count). The number of carbonyl (C=O) groups excluding carboxylic acids is 1. The highest BCUT2D eigenvalue weighted by molar-refractivity contribution is 7.99. The number of nitrogens with one attached hydrogen (secondary N) is 1. The summed E-state index contributed by atoms with van der Waals surface area (Å²) in [5.41, 5.74) is 1.30. The normalized spacial score (nSPS) is 10.6. The number of amides is 1. The maximum Gasteiger partial charge on any atom is 0.234 e. The van der Waals surface area contributed by atoms with Crippen molar-refractivity contribution < 1.29 is 13.9 Å². The Morgan fingerprint density at radius 3 is 2.72 bits per heavy atom. The third-order valence-corrected chi connectivity index (χ3v) is 5.16. The molecule has 0 unspecified atom stereocenters. The first kappa shape index (κ1) is 20.9. The SMILES string of the molecule is C=CCn1c(SCC(=O)Nc2ccc(OC)c(Cl)c2)nnc1-c1ccc(F)cc1. The van der Waals surface area contributed by atoms with Gasteiger partial charge in [-0.1, -0.05) is 29.4 Å². The van der Waals surface area contributed by atoms with Gasteiger partial charge in [0, 0.05) is 17.8 Å². The van der Waals surface area contributed by atoms with E-state index in [1.807, 2.05) is 4.57 Å². The number of thioether (sulfide) groups is 1. The van der Waals surface area contributed by atoms with E-state index >= 15 is 0 Å². The third-order valence-electron chi connectivity index (χ3n) is 3.90. The van der Waals surface area contributed by atoms with Crippen LogP contribution in [0.5, 0.6) is 5.75 Å². The second-order valence-electron chi connectivity index (χ2n) is 5.90. The lowest BCUT2D eigenvalue weighted by Crippen LogP contribution is -2.14. The number of anilines is 1. The number of hydrogen-bond acceptors (Lipinski definition) is 5. The van der Waals surface area contributed by atoms with Crippen LogP contribution in [-0.2, 0) is 11.3 Å². The Labute approximate surface area is 176 Å². The lowest BCUT2D eigenvalue weighted by atomic mass is 10.2. The van der Waals surface area contributed by atoms with Crippen LogP contribution < -0.4 is 10.1 Å². The number of allylic oxidation sites excluding steroid dienone is 1. The molecule has 2 aromatic carbocycles. The molecule has 3 aromatic rings. The molecule has 1 aromatic heterocycles. The van der Waals surface area contributed by atoms with Gasteiger partial charge in [0.1, 0.15) is 11.6 Å². The summed E-state index contributed by atoms with van der Waals surface area (Å²) in [5, 5.41) is 12.1. The Balaban J connectivity index is 1.69. The van der Waals surface area contributed by atoms with Gasteiger partial charge in [0.2, 0.25) is 5.91 Å². The number of aromatic nitrogens is 3. The Kier molecular flexibility index (Phi) is 6.90. The third kappa shape index (κ3) is 5.16. The Morgan fingerprint density at radius 2 is 2.07 bits per heavy atom. The number of hydrogen-bond donors (Lipinski definition) is 1. The highest BCUT2D eigenvalue weighted by Gasteiger charge is 2.15. The van der Waals surface area contributed by atoms with E-state index in [-0.39, 0.29) is 17.5 Å². The molecule has 6 nitrogen and oxygen atoms in total. The molecule has 0 aliphatic rings. The Hall–Kier alpha value is -2.84. The molecule has 1 amide bonds. The molecule has 0 fully saturated rings. The van der Waals surface area contributed by atoms with E-state index in [4.69, 9.17) is 16.3 Å². The lowest BCUT2D eigenvalue weighted by Gasteiger charge is -2.09. The van der Waals surface area contributed by atoms with Crippen molar-refractivity contribution in [2.24, 2.45) is 0 Å².